The summed E-state index contributed by atoms with van der Waals surface area (Å²) < 4.78 is 4.56. The third-order valence-electron chi connectivity index (χ3n) is 5.21. The molecule has 0 spiro atoms. The number of H-pyrrole nitrogens is 1. The van der Waals surface area contributed by atoms with Gasteiger partial charge in [-0.25, -0.2) is 4.79 Å². The van der Waals surface area contributed by atoms with E-state index in [0.29, 0.717) is 19.0 Å². The standard InChI is InChI=1S/C20H26N4O3/c1-13-6-4-5-7-16(13)17-12-21-23-18(17)15-8-10-24(11-9-15)19(25)14(2)22-20(26)27-3/h4-7,12,14-15H,8-11H2,1-3H3,(H,21,23)(H,22,26). The molecule has 1 unspecified atom stereocenters. The van der Waals surface area contributed by atoms with E-state index >= 15 is 0 Å². The molecule has 2 amide bonds. The number of piperidine rings is 1. The highest BCUT2D eigenvalue weighted by molar-refractivity contribution is 5.85. The summed E-state index contributed by atoms with van der Waals surface area (Å²) in [4.78, 5) is 25.6. The van der Waals surface area contributed by atoms with Gasteiger partial charge in [-0.1, -0.05) is 24.3 Å². The van der Waals surface area contributed by atoms with E-state index in [4.69, 9.17) is 0 Å². The average molecular weight is 370 g/mol. The van der Waals surface area contributed by atoms with E-state index < -0.39 is 12.1 Å². The van der Waals surface area contributed by atoms with Gasteiger partial charge in [0.25, 0.3) is 0 Å². The Morgan fingerprint density at radius 2 is 1.96 bits per heavy atom. The molecule has 1 aromatic carbocycles. The fourth-order valence-corrected chi connectivity index (χ4v) is 3.66. The van der Waals surface area contributed by atoms with Gasteiger partial charge in [0.1, 0.15) is 6.04 Å². The number of aromatic amines is 1. The fraction of sp³-hybridized carbons (Fsp3) is 0.450. The van der Waals surface area contributed by atoms with Crippen molar-refractivity contribution in [1.29, 1.82) is 0 Å². The highest BCUT2D eigenvalue weighted by Crippen LogP contribution is 2.35. The largest absolute Gasteiger partial charge is 0.453 e. The van der Waals surface area contributed by atoms with Crippen molar-refractivity contribution in [2.45, 2.75) is 38.6 Å². The number of amides is 2. The van der Waals surface area contributed by atoms with Crippen molar-refractivity contribution in [2.24, 2.45) is 0 Å². The van der Waals surface area contributed by atoms with Crippen LogP contribution in [0, 0.1) is 6.92 Å². The first kappa shape index (κ1) is 18.9. The topological polar surface area (TPSA) is 87.3 Å². The van der Waals surface area contributed by atoms with E-state index in [-0.39, 0.29) is 5.91 Å². The maximum absolute atomic E-state index is 12.5. The van der Waals surface area contributed by atoms with Crippen molar-refractivity contribution in [1.82, 2.24) is 20.4 Å². The lowest BCUT2D eigenvalue weighted by molar-refractivity contribution is -0.134. The average Bonchev–Trinajstić information content (AvgIpc) is 3.17. The van der Waals surface area contributed by atoms with E-state index in [0.717, 1.165) is 24.1 Å². The van der Waals surface area contributed by atoms with E-state index in [1.807, 2.05) is 18.3 Å². The zero-order chi connectivity index (χ0) is 19.4. The summed E-state index contributed by atoms with van der Waals surface area (Å²) >= 11 is 0. The van der Waals surface area contributed by atoms with Crippen LogP contribution >= 0.6 is 0 Å². The van der Waals surface area contributed by atoms with Gasteiger partial charge in [-0.3, -0.25) is 9.89 Å². The fourth-order valence-electron chi connectivity index (χ4n) is 3.66. The summed E-state index contributed by atoms with van der Waals surface area (Å²) in [6.45, 7) is 5.09. The third kappa shape index (κ3) is 4.13. The Bertz CT molecular complexity index is 809. The maximum Gasteiger partial charge on any atom is 0.407 e. The molecule has 0 bridgehead atoms. The minimum Gasteiger partial charge on any atom is -0.453 e. The van der Waals surface area contributed by atoms with Crippen molar-refractivity contribution in [2.75, 3.05) is 20.2 Å². The van der Waals surface area contributed by atoms with Crippen molar-refractivity contribution < 1.29 is 14.3 Å². The first-order chi connectivity index (χ1) is 13.0. The number of likely N-dealkylation sites (tertiary alicyclic amines) is 1. The molecule has 0 aliphatic carbocycles. The lowest BCUT2D eigenvalue weighted by Crippen LogP contribution is -2.49. The molecule has 1 aromatic heterocycles. The van der Waals surface area contributed by atoms with Gasteiger partial charge in [0.05, 0.1) is 13.3 Å². The second kappa shape index (κ2) is 8.24. The zero-order valence-electron chi connectivity index (χ0n) is 16.0. The highest BCUT2D eigenvalue weighted by atomic mass is 16.5. The maximum atomic E-state index is 12.5. The van der Waals surface area contributed by atoms with Crippen molar-refractivity contribution in [3.63, 3.8) is 0 Å². The van der Waals surface area contributed by atoms with E-state index in [2.05, 4.69) is 39.3 Å². The number of nitrogens with one attached hydrogen (secondary N) is 2. The number of carbonyl (C=O) groups is 2. The number of methoxy groups -OCH3 is 1. The molecule has 7 nitrogen and oxygen atoms in total. The highest BCUT2D eigenvalue weighted by Gasteiger charge is 2.29. The molecule has 7 heteroatoms. The number of aryl methyl sites for hydroxylation is 1. The van der Waals surface area contributed by atoms with Gasteiger partial charge in [-0.05, 0) is 37.8 Å². The number of carbonyl (C=O) groups excluding carboxylic acids is 2. The van der Waals surface area contributed by atoms with Crippen LogP contribution in [0.2, 0.25) is 0 Å². The molecular formula is C20H26N4O3. The minimum atomic E-state index is -0.594. The summed E-state index contributed by atoms with van der Waals surface area (Å²) in [5, 5.41) is 9.98. The van der Waals surface area contributed by atoms with E-state index in [9.17, 15) is 9.59 Å². The molecule has 1 aliphatic rings. The summed E-state index contributed by atoms with van der Waals surface area (Å²) in [5.74, 6) is 0.248. The lowest BCUT2D eigenvalue weighted by atomic mass is 9.88. The summed E-state index contributed by atoms with van der Waals surface area (Å²) in [6, 6.07) is 7.69. The van der Waals surface area contributed by atoms with Crippen molar-refractivity contribution in [3.05, 3.63) is 41.7 Å². The van der Waals surface area contributed by atoms with Crippen LogP contribution in [-0.4, -0.2) is 53.3 Å². The molecule has 0 radical (unpaired) electrons. The number of ether oxygens (including phenoxy) is 1. The molecular weight excluding hydrogens is 344 g/mol. The van der Waals surface area contributed by atoms with Crippen LogP contribution in [-0.2, 0) is 9.53 Å². The number of hydrogen-bond acceptors (Lipinski definition) is 4. The Morgan fingerprint density at radius 1 is 1.26 bits per heavy atom. The molecule has 2 aromatic rings. The van der Waals surface area contributed by atoms with Gasteiger partial charge in [0.2, 0.25) is 5.91 Å². The van der Waals surface area contributed by atoms with Crippen LogP contribution in [0.5, 0.6) is 0 Å². The predicted molar refractivity (Wildman–Crippen MR) is 102 cm³/mol. The van der Waals surface area contributed by atoms with Crippen LogP contribution in [0.15, 0.2) is 30.5 Å². The molecule has 1 fully saturated rings. The number of hydrogen-bond donors (Lipinski definition) is 2. The molecule has 1 atom stereocenters. The number of benzene rings is 1. The second-order valence-corrected chi connectivity index (χ2v) is 6.97. The van der Waals surface area contributed by atoms with Gasteiger partial charge >= 0.3 is 6.09 Å². The first-order valence-corrected chi connectivity index (χ1v) is 9.23. The quantitative estimate of drug-likeness (QED) is 0.866. The Hall–Kier alpha value is -2.83. The van der Waals surface area contributed by atoms with E-state index in [1.54, 1.807) is 11.8 Å². The Kier molecular flexibility index (Phi) is 5.78. The van der Waals surface area contributed by atoms with Crippen molar-refractivity contribution >= 4 is 12.0 Å². The van der Waals surface area contributed by atoms with Gasteiger partial charge < -0.3 is 15.0 Å². The molecule has 1 aliphatic heterocycles. The number of nitrogens with zero attached hydrogens (tertiary/aromatic N) is 2. The van der Waals surface area contributed by atoms with Gasteiger partial charge in [-0.2, -0.15) is 5.10 Å². The second-order valence-electron chi connectivity index (χ2n) is 6.97. The molecule has 27 heavy (non-hydrogen) atoms. The normalized spacial score (nSPS) is 16.0. The van der Waals surface area contributed by atoms with Crippen LogP contribution in [0.3, 0.4) is 0 Å². The predicted octanol–water partition coefficient (Wildman–Crippen LogP) is 2.84. The van der Waals surface area contributed by atoms with Crippen LogP contribution in [0.4, 0.5) is 4.79 Å². The molecule has 144 valence electrons. The molecule has 2 heterocycles. The van der Waals surface area contributed by atoms with Crippen molar-refractivity contribution in [3.8, 4) is 11.1 Å². The Labute approximate surface area is 159 Å². The first-order valence-electron chi connectivity index (χ1n) is 9.23. The molecule has 1 saturated heterocycles. The van der Waals surface area contributed by atoms with Crippen LogP contribution in [0.1, 0.15) is 36.9 Å². The smallest absolute Gasteiger partial charge is 0.407 e. The monoisotopic (exact) mass is 370 g/mol. The zero-order valence-corrected chi connectivity index (χ0v) is 16.0. The lowest BCUT2D eigenvalue weighted by Gasteiger charge is -2.33. The van der Waals surface area contributed by atoms with Crippen LogP contribution < -0.4 is 5.32 Å². The Balaban J connectivity index is 1.65. The van der Waals surface area contributed by atoms with Gasteiger partial charge in [0.15, 0.2) is 0 Å². The van der Waals surface area contributed by atoms with Gasteiger partial charge in [0, 0.05) is 30.3 Å². The number of alkyl carbamates (subject to hydrolysis) is 1. The van der Waals surface area contributed by atoms with Crippen LogP contribution in [0.25, 0.3) is 11.1 Å². The third-order valence-corrected chi connectivity index (χ3v) is 5.21. The number of rotatable bonds is 4. The van der Waals surface area contributed by atoms with E-state index in [1.165, 1.54) is 18.2 Å². The summed E-state index contributed by atoms with van der Waals surface area (Å²) in [6.07, 6.45) is 3.01. The SMILES string of the molecule is COC(=O)NC(C)C(=O)N1CCC(c2[nH]ncc2-c2ccccc2C)CC1. The molecule has 3 rings (SSSR count). The summed E-state index contributed by atoms with van der Waals surface area (Å²) in [7, 11) is 1.29. The summed E-state index contributed by atoms with van der Waals surface area (Å²) in [5.41, 5.74) is 4.68. The minimum absolute atomic E-state index is 0.0809. The Morgan fingerprint density at radius 3 is 2.63 bits per heavy atom. The molecule has 2 N–H and O–H groups in total. The number of aromatic nitrogens is 2. The van der Waals surface area contributed by atoms with Gasteiger partial charge in [-0.15, -0.1) is 0 Å². The molecule has 0 saturated carbocycles.